The van der Waals surface area contributed by atoms with Crippen LogP contribution in [0.3, 0.4) is 0 Å². The van der Waals surface area contributed by atoms with Gasteiger partial charge in [-0.3, -0.25) is 0 Å². The topological polar surface area (TPSA) is 75.4 Å². The number of rotatable bonds is 5. The van der Waals surface area contributed by atoms with Crippen molar-refractivity contribution in [3.05, 3.63) is 106 Å². The molecular formula is C28H29ClN6O2. The number of anilines is 2. The Bertz CT molecular complexity index is 1420. The number of amides is 2. The molecule has 1 aliphatic rings. The van der Waals surface area contributed by atoms with E-state index in [0.717, 1.165) is 22.5 Å². The van der Waals surface area contributed by atoms with Crippen LogP contribution < -0.4 is 15.9 Å². The Morgan fingerprint density at radius 3 is 2.27 bits per heavy atom. The average molecular weight is 517 g/mol. The van der Waals surface area contributed by atoms with E-state index >= 15 is 0 Å². The van der Waals surface area contributed by atoms with E-state index in [2.05, 4.69) is 15.3 Å². The molecule has 1 fully saturated rings. The Labute approximate surface area is 220 Å². The van der Waals surface area contributed by atoms with Gasteiger partial charge in [0.2, 0.25) is 0 Å². The van der Waals surface area contributed by atoms with Gasteiger partial charge >= 0.3 is 11.7 Å². The highest BCUT2D eigenvalue weighted by molar-refractivity contribution is 6.33. The highest BCUT2D eigenvalue weighted by atomic mass is 35.5. The summed E-state index contributed by atoms with van der Waals surface area (Å²) in [5.74, 6) is 0. The van der Waals surface area contributed by atoms with Crippen molar-refractivity contribution < 1.29 is 4.79 Å². The number of carbonyl (C=O) groups excluding carboxylic acids is 1. The van der Waals surface area contributed by atoms with Crippen LogP contribution in [0.4, 0.5) is 16.2 Å². The van der Waals surface area contributed by atoms with E-state index in [9.17, 15) is 9.59 Å². The second-order valence-corrected chi connectivity index (χ2v) is 9.57. The maximum absolute atomic E-state index is 13.0. The molecule has 1 aliphatic heterocycles. The number of carbonyl (C=O) groups is 1. The zero-order valence-electron chi connectivity index (χ0n) is 20.8. The molecule has 9 heteroatoms. The predicted octanol–water partition coefficient (Wildman–Crippen LogP) is 4.96. The Morgan fingerprint density at radius 1 is 0.919 bits per heavy atom. The third kappa shape index (κ3) is 5.11. The lowest BCUT2D eigenvalue weighted by molar-refractivity contribution is 0.208. The van der Waals surface area contributed by atoms with Crippen molar-refractivity contribution in [2.45, 2.75) is 19.9 Å². The van der Waals surface area contributed by atoms with Gasteiger partial charge in [0.05, 0.1) is 22.4 Å². The summed E-state index contributed by atoms with van der Waals surface area (Å²) in [4.78, 5) is 29.9. The molecule has 4 aromatic rings. The van der Waals surface area contributed by atoms with Crippen molar-refractivity contribution in [3.8, 4) is 5.69 Å². The van der Waals surface area contributed by atoms with E-state index in [0.29, 0.717) is 36.9 Å². The number of urea groups is 1. The molecule has 1 aromatic heterocycles. The fraction of sp³-hybridized carbons (Fsp3) is 0.250. The highest BCUT2D eigenvalue weighted by Crippen LogP contribution is 2.26. The predicted molar refractivity (Wildman–Crippen MR) is 147 cm³/mol. The molecule has 0 radical (unpaired) electrons. The Hall–Kier alpha value is -4.04. The summed E-state index contributed by atoms with van der Waals surface area (Å²) in [6.45, 7) is 6.50. The molecule has 0 spiro atoms. The first-order valence-electron chi connectivity index (χ1n) is 12.3. The van der Waals surface area contributed by atoms with Crippen LogP contribution in [0.2, 0.25) is 5.02 Å². The lowest BCUT2D eigenvalue weighted by Gasteiger charge is -2.36. The van der Waals surface area contributed by atoms with Gasteiger partial charge in [0, 0.05) is 31.9 Å². The maximum Gasteiger partial charge on any atom is 0.350 e. The van der Waals surface area contributed by atoms with Gasteiger partial charge in [-0.05, 0) is 55.3 Å². The molecule has 5 rings (SSSR count). The Balaban J connectivity index is 1.22. The molecule has 37 heavy (non-hydrogen) atoms. The minimum Gasteiger partial charge on any atom is -0.368 e. The molecule has 1 unspecified atom stereocenters. The molecule has 1 saturated heterocycles. The number of benzene rings is 3. The second-order valence-electron chi connectivity index (χ2n) is 9.17. The molecule has 0 aliphatic carbocycles. The second kappa shape index (κ2) is 10.5. The SMILES string of the molecule is Cc1cccc(Cl)c1NC(=O)N1CCN(c2ccc(-n3cnn(C(C)c4ccccc4)c3=O)cc2)CC1. The molecule has 0 bridgehead atoms. The number of nitrogens with zero attached hydrogens (tertiary/aromatic N) is 5. The zero-order chi connectivity index (χ0) is 25.9. The van der Waals surface area contributed by atoms with E-state index in [4.69, 9.17) is 11.6 Å². The third-order valence-corrected chi connectivity index (χ3v) is 7.17. The Morgan fingerprint density at radius 2 is 1.59 bits per heavy atom. The standard InChI is InChI=1S/C28H29ClN6O2/c1-20-7-6-10-25(29)26(20)31-27(36)33-17-15-32(16-18-33)23-11-13-24(14-12-23)34-19-30-35(28(34)37)21(2)22-8-4-3-5-9-22/h3-14,19,21H,15-18H2,1-2H3,(H,31,36). The summed E-state index contributed by atoms with van der Waals surface area (Å²) in [5, 5.41) is 7.84. The van der Waals surface area contributed by atoms with Gasteiger partial charge < -0.3 is 15.1 Å². The van der Waals surface area contributed by atoms with Gasteiger partial charge in [-0.15, -0.1) is 0 Å². The molecule has 2 amide bonds. The van der Waals surface area contributed by atoms with Crippen molar-refractivity contribution in [1.82, 2.24) is 19.2 Å². The number of halogens is 1. The summed E-state index contributed by atoms with van der Waals surface area (Å²) in [7, 11) is 0. The lowest BCUT2D eigenvalue weighted by atomic mass is 10.1. The molecule has 3 aromatic carbocycles. The average Bonchev–Trinajstić information content (AvgIpc) is 3.32. The van der Waals surface area contributed by atoms with Gasteiger partial charge in [-0.2, -0.15) is 5.10 Å². The highest BCUT2D eigenvalue weighted by Gasteiger charge is 2.22. The summed E-state index contributed by atoms with van der Waals surface area (Å²) in [5.41, 5.74) is 4.23. The number of nitrogens with one attached hydrogen (secondary N) is 1. The minimum atomic E-state index is -0.183. The van der Waals surface area contributed by atoms with E-state index in [1.807, 2.05) is 80.6 Å². The molecule has 8 nitrogen and oxygen atoms in total. The van der Waals surface area contributed by atoms with Crippen molar-refractivity contribution in [2.75, 3.05) is 36.4 Å². The fourth-order valence-corrected chi connectivity index (χ4v) is 4.87. The van der Waals surface area contributed by atoms with Crippen LogP contribution in [0.5, 0.6) is 0 Å². The van der Waals surface area contributed by atoms with E-state index in [1.165, 1.54) is 4.68 Å². The molecule has 0 saturated carbocycles. The van der Waals surface area contributed by atoms with Crippen LogP contribution in [0.25, 0.3) is 5.69 Å². The van der Waals surface area contributed by atoms with Gasteiger partial charge in [0.25, 0.3) is 0 Å². The number of aryl methyl sites for hydroxylation is 1. The largest absolute Gasteiger partial charge is 0.368 e. The molecule has 190 valence electrons. The monoisotopic (exact) mass is 516 g/mol. The lowest BCUT2D eigenvalue weighted by Crippen LogP contribution is -2.50. The summed E-state index contributed by atoms with van der Waals surface area (Å²) >= 11 is 6.26. The van der Waals surface area contributed by atoms with E-state index in [1.54, 1.807) is 21.9 Å². The van der Waals surface area contributed by atoms with Crippen LogP contribution in [0, 0.1) is 6.92 Å². The number of piperazine rings is 1. The molecule has 1 atom stereocenters. The number of hydrogen-bond acceptors (Lipinski definition) is 4. The normalized spacial score (nSPS) is 14.5. The summed E-state index contributed by atoms with van der Waals surface area (Å²) in [6.07, 6.45) is 1.56. The van der Waals surface area contributed by atoms with Gasteiger partial charge in [-0.25, -0.2) is 18.8 Å². The van der Waals surface area contributed by atoms with Gasteiger partial charge in [0.1, 0.15) is 6.33 Å². The van der Waals surface area contributed by atoms with Crippen LogP contribution in [0.15, 0.2) is 83.9 Å². The van der Waals surface area contributed by atoms with Gasteiger partial charge in [0.15, 0.2) is 0 Å². The van der Waals surface area contributed by atoms with Crippen LogP contribution in [-0.2, 0) is 0 Å². The van der Waals surface area contributed by atoms with E-state index < -0.39 is 0 Å². The number of aromatic nitrogens is 3. The molecular weight excluding hydrogens is 488 g/mol. The van der Waals surface area contributed by atoms with Crippen LogP contribution in [0.1, 0.15) is 24.1 Å². The first-order valence-corrected chi connectivity index (χ1v) is 12.7. The Kier molecular flexibility index (Phi) is 7.01. The molecule has 1 N–H and O–H groups in total. The van der Waals surface area contributed by atoms with Crippen LogP contribution in [-0.4, -0.2) is 51.5 Å². The van der Waals surface area contributed by atoms with Gasteiger partial charge in [-0.1, -0.05) is 54.1 Å². The fourth-order valence-electron chi connectivity index (χ4n) is 4.60. The van der Waals surface area contributed by atoms with Crippen molar-refractivity contribution >= 4 is 29.0 Å². The maximum atomic E-state index is 13.0. The first-order chi connectivity index (χ1) is 17.9. The van der Waals surface area contributed by atoms with Crippen molar-refractivity contribution in [1.29, 1.82) is 0 Å². The summed E-state index contributed by atoms with van der Waals surface area (Å²) < 4.78 is 3.06. The molecule has 2 heterocycles. The quantitative estimate of drug-likeness (QED) is 0.407. The van der Waals surface area contributed by atoms with Crippen molar-refractivity contribution in [3.63, 3.8) is 0 Å². The zero-order valence-corrected chi connectivity index (χ0v) is 21.6. The first kappa shape index (κ1) is 24.6. The third-order valence-electron chi connectivity index (χ3n) is 6.86. The number of hydrogen-bond donors (Lipinski definition) is 1. The van der Waals surface area contributed by atoms with E-state index in [-0.39, 0.29) is 17.8 Å². The number of para-hydroxylation sites is 1. The minimum absolute atomic E-state index is 0.146. The van der Waals surface area contributed by atoms with Crippen molar-refractivity contribution in [2.24, 2.45) is 0 Å². The summed E-state index contributed by atoms with van der Waals surface area (Å²) in [6, 6.07) is 23.0. The van der Waals surface area contributed by atoms with Crippen LogP contribution >= 0.6 is 11.6 Å². The smallest absolute Gasteiger partial charge is 0.350 e.